The molecule has 0 spiro atoms. The van der Waals surface area contributed by atoms with Crippen molar-refractivity contribution < 1.29 is 34.2 Å². The Kier molecular flexibility index (Phi) is 11.7. The first kappa shape index (κ1) is 34.2. The fraction of sp³-hybridized carbons (Fsp3) is 0.265. The number of aliphatic carboxylic acids is 1. The highest BCUT2D eigenvalue weighted by atomic mass is 16.4. The van der Waals surface area contributed by atoms with Gasteiger partial charge in [0.15, 0.2) is 0 Å². The molecule has 10 N–H and O–H groups in total. The lowest BCUT2D eigenvalue weighted by Crippen LogP contribution is -2.58. The minimum absolute atomic E-state index is 0.00625. The maximum Gasteiger partial charge on any atom is 0.326 e. The molecule has 246 valence electrons. The van der Waals surface area contributed by atoms with Crippen LogP contribution >= 0.6 is 0 Å². The standard InChI is InChI=1S/C34H38N6O7/c35-25(16-20-6-2-1-3-7-20)31(43)39-28(17-21-10-12-23(41)13-11-21)32(44)40-29(18-22-19-37-26-9-5-4-8-24(22)26)33(45)38-27(34(46)47)14-15-30(36)42/h1-13,19,25,27-29,37,41H,14-18,35H2,(H2,36,42)(H,38,45)(H,39,43)(H,40,44)(H,46,47). The van der Waals surface area contributed by atoms with E-state index < -0.39 is 53.8 Å². The number of benzene rings is 3. The quantitative estimate of drug-likeness (QED) is 0.0878. The number of primary amides is 1. The molecule has 1 aromatic heterocycles. The van der Waals surface area contributed by atoms with E-state index in [9.17, 15) is 34.2 Å². The zero-order chi connectivity index (χ0) is 33.9. The number of nitrogens with one attached hydrogen (secondary N) is 4. The average Bonchev–Trinajstić information content (AvgIpc) is 3.46. The molecule has 1 heterocycles. The van der Waals surface area contributed by atoms with Crippen molar-refractivity contribution in [2.24, 2.45) is 11.5 Å². The molecule has 3 aromatic carbocycles. The summed E-state index contributed by atoms with van der Waals surface area (Å²) in [6, 6.07) is 17.7. The van der Waals surface area contributed by atoms with Gasteiger partial charge < -0.3 is 42.6 Å². The number of aromatic nitrogens is 1. The first-order chi connectivity index (χ1) is 22.5. The van der Waals surface area contributed by atoms with E-state index in [4.69, 9.17) is 11.5 Å². The van der Waals surface area contributed by atoms with E-state index in [0.717, 1.165) is 16.5 Å². The van der Waals surface area contributed by atoms with Crippen LogP contribution in [0.2, 0.25) is 0 Å². The first-order valence-electron chi connectivity index (χ1n) is 15.0. The van der Waals surface area contributed by atoms with Gasteiger partial charge in [-0.25, -0.2) is 4.79 Å². The number of carboxylic acids is 1. The van der Waals surface area contributed by atoms with Crippen molar-refractivity contribution in [3.8, 4) is 5.75 Å². The van der Waals surface area contributed by atoms with Crippen molar-refractivity contribution in [1.29, 1.82) is 0 Å². The van der Waals surface area contributed by atoms with Crippen molar-refractivity contribution in [3.63, 3.8) is 0 Å². The van der Waals surface area contributed by atoms with E-state index in [1.165, 1.54) is 12.1 Å². The van der Waals surface area contributed by atoms with E-state index >= 15 is 0 Å². The summed E-state index contributed by atoms with van der Waals surface area (Å²) >= 11 is 0. The fourth-order valence-electron chi connectivity index (χ4n) is 5.13. The maximum absolute atomic E-state index is 13.9. The van der Waals surface area contributed by atoms with Crippen molar-refractivity contribution in [2.75, 3.05) is 0 Å². The lowest BCUT2D eigenvalue weighted by Gasteiger charge is -2.25. The van der Waals surface area contributed by atoms with Gasteiger partial charge in [-0.05, 0) is 47.7 Å². The molecule has 4 atom stereocenters. The summed E-state index contributed by atoms with van der Waals surface area (Å²) in [5.74, 6) is -4.21. The Morgan fingerprint density at radius 1 is 0.702 bits per heavy atom. The predicted molar refractivity (Wildman–Crippen MR) is 174 cm³/mol. The molecule has 13 heteroatoms. The molecule has 4 unspecified atom stereocenters. The van der Waals surface area contributed by atoms with Gasteiger partial charge in [0.25, 0.3) is 0 Å². The highest BCUT2D eigenvalue weighted by molar-refractivity contribution is 5.95. The number of rotatable bonds is 16. The number of phenols is 1. The summed E-state index contributed by atoms with van der Waals surface area (Å²) in [7, 11) is 0. The minimum atomic E-state index is -1.44. The second-order valence-corrected chi connectivity index (χ2v) is 11.3. The summed E-state index contributed by atoms with van der Waals surface area (Å²) in [5, 5.41) is 28.0. The first-order valence-corrected chi connectivity index (χ1v) is 15.0. The van der Waals surface area contributed by atoms with E-state index in [0.29, 0.717) is 11.1 Å². The van der Waals surface area contributed by atoms with Gasteiger partial charge >= 0.3 is 5.97 Å². The number of phenolic OH excluding ortho intramolecular Hbond substituents is 1. The van der Waals surface area contributed by atoms with Crippen molar-refractivity contribution in [3.05, 3.63) is 102 Å². The zero-order valence-electron chi connectivity index (χ0n) is 25.5. The number of nitrogens with two attached hydrogens (primary N) is 2. The second-order valence-electron chi connectivity index (χ2n) is 11.3. The van der Waals surface area contributed by atoms with Crippen LogP contribution in [0.3, 0.4) is 0 Å². The number of carboxylic acid groups (broad SMARTS) is 1. The van der Waals surface area contributed by atoms with E-state index in [1.54, 1.807) is 18.3 Å². The highest BCUT2D eigenvalue weighted by Gasteiger charge is 2.31. The third-order valence-corrected chi connectivity index (χ3v) is 7.67. The van der Waals surface area contributed by atoms with Crippen LogP contribution in [0.1, 0.15) is 29.5 Å². The van der Waals surface area contributed by atoms with Crippen LogP contribution in [-0.2, 0) is 43.2 Å². The number of para-hydroxylation sites is 1. The Bertz CT molecular complexity index is 1710. The van der Waals surface area contributed by atoms with Crippen LogP contribution in [0.25, 0.3) is 10.9 Å². The van der Waals surface area contributed by atoms with Crippen LogP contribution in [0, 0.1) is 0 Å². The molecule has 47 heavy (non-hydrogen) atoms. The average molecular weight is 643 g/mol. The van der Waals surface area contributed by atoms with Crippen LogP contribution in [0.15, 0.2) is 85.1 Å². The van der Waals surface area contributed by atoms with Gasteiger partial charge in [-0.15, -0.1) is 0 Å². The Balaban J connectivity index is 1.59. The summed E-state index contributed by atoms with van der Waals surface area (Å²) in [4.78, 5) is 67.0. The molecule has 0 saturated heterocycles. The normalized spacial score (nSPS) is 13.6. The Morgan fingerprint density at radius 2 is 1.28 bits per heavy atom. The molecular weight excluding hydrogens is 604 g/mol. The second kappa shape index (κ2) is 16.0. The summed E-state index contributed by atoms with van der Waals surface area (Å²) in [5.41, 5.74) is 14.3. The van der Waals surface area contributed by atoms with Crippen molar-refractivity contribution >= 4 is 40.5 Å². The number of carbonyl (C=O) groups is 5. The molecule has 0 saturated carbocycles. The summed E-state index contributed by atoms with van der Waals surface area (Å²) in [6.45, 7) is 0. The number of carbonyl (C=O) groups excluding carboxylic acids is 4. The van der Waals surface area contributed by atoms with Gasteiger partial charge in [0.1, 0.15) is 23.9 Å². The highest BCUT2D eigenvalue weighted by Crippen LogP contribution is 2.20. The van der Waals surface area contributed by atoms with Crippen LogP contribution in [-0.4, -0.2) is 69.0 Å². The number of aromatic amines is 1. The summed E-state index contributed by atoms with van der Waals surface area (Å²) < 4.78 is 0. The number of fused-ring (bicyclic) bond motifs is 1. The molecule has 0 aliphatic rings. The van der Waals surface area contributed by atoms with Crippen molar-refractivity contribution in [2.45, 2.75) is 56.3 Å². The van der Waals surface area contributed by atoms with Gasteiger partial charge in [0.2, 0.25) is 23.6 Å². The topological polar surface area (TPSA) is 230 Å². The molecule has 0 aliphatic heterocycles. The number of H-pyrrole nitrogens is 1. The SMILES string of the molecule is NC(=O)CCC(NC(=O)C(Cc1c[nH]c2ccccc12)NC(=O)C(Cc1ccc(O)cc1)NC(=O)C(N)Cc1ccccc1)C(=O)O. The molecule has 4 rings (SSSR count). The monoisotopic (exact) mass is 642 g/mol. The number of aromatic hydroxyl groups is 1. The van der Waals surface area contributed by atoms with Gasteiger partial charge in [0.05, 0.1) is 6.04 Å². The van der Waals surface area contributed by atoms with Crippen LogP contribution in [0.4, 0.5) is 0 Å². The molecule has 4 aromatic rings. The smallest absolute Gasteiger partial charge is 0.326 e. The number of amides is 4. The van der Waals surface area contributed by atoms with E-state index in [2.05, 4.69) is 20.9 Å². The van der Waals surface area contributed by atoms with Crippen LogP contribution < -0.4 is 27.4 Å². The largest absolute Gasteiger partial charge is 0.508 e. The molecule has 0 bridgehead atoms. The lowest BCUT2D eigenvalue weighted by molar-refractivity contribution is -0.142. The van der Waals surface area contributed by atoms with Gasteiger partial charge in [0, 0.05) is 36.4 Å². The maximum atomic E-state index is 13.9. The Labute approximate surface area is 270 Å². The third-order valence-electron chi connectivity index (χ3n) is 7.67. The van der Waals surface area contributed by atoms with Gasteiger partial charge in [-0.2, -0.15) is 0 Å². The lowest BCUT2D eigenvalue weighted by atomic mass is 10.0. The van der Waals surface area contributed by atoms with Crippen LogP contribution in [0.5, 0.6) is 5.75 Å². The molecule has 13 nitrogen and oxygen atoms in total. The number of hydrogen-bond donors (Lipinski definition) is 8. The predicted octanol–water partition coefficient (Wildman–Crippen LogP) is 1.03. The van der Waals surface area contributed by atoms with E-state index in [-0.39, 0.29) is 37.9 Å². The molecule has 4 amide bonds. The molecule has 0 aliphatic carbocycles. The minimum Gasteiger partial charge on any atom is -0.508 e. The molecule has 0 radical (unpaired) electrons. The fourth-order valence-corrected chi connectivity index (χ4v) is 5.13. The zero-order valence-corrected chi connectivity index (χ0v) is 25.5. The van der Waals surface area contributed by atoms with Gasteiger partial charge in [-0.1, -0.05) is 60.7 Å². The Hall–Kier alpha value is -5.69. The van der Waals surface area contributed by atoms with Crippen molar-refractivity contribution in [1.82, 2.24) is 20.9 Å². The molecule has 0 fully saturated rings. The molecular formula is C34H38N6O7. The third kappa shape index (κ3) is 9.90. The number of hydrogen-bond acceptors (Lipinski definition) is 7. The Morgan fingerprint density at radius 3 is 1.94 bits per heavy atom. The summed E-state index contributed by atoms with van der Waals surface area (Å²) in [6.07, 6.45) is 1.35. The van der Waals surface area contributed by atoms with E-state index in [1.807, 2.05) is 54.6 Å². The van der Waals surface area contributed by atoms with Gasteiger partial charge in [-0.3, -0.25) is 19.2 Å².